The average molecular weight is 449 g/mol. The zero-order valence-corrected chi connectivity index (χ0v) is 18.1. The quantitative estimate of drug-likeness (QED) is 0.398. The van der Waals surface area contributed by atoms with Crippen LogP contribution in [0.25, 0.3) is 16.3 Å². The van der Waals surface area contributed by atoms with Crippen molar-refractivity contribution in [2.45, 2.75) is 13.0 Å². The number of nitrogens with zero attached hydrogens (tertiary/aromatic N) is 3. The smallest absolute Gasteiger partial charge is 0.258 e. The van der Waals surface area contributed by atoms with Crippen molar-refractivity contribution >= 4 is 39.9 Å². The minimum absolute atomic E-state index is 0.282. The Kier molecular flexibility index (Phi) is 5.09. The van der Waals surface area contributed by atoms with Crippen LogP contribution in [0.5, 0.6) is 0 Å². The van der Waals surface area contributed by atoms with Crippen LogP contribution in [0.2, 0.25) is 0 Å². The Hall–Kier alpha value is -3.36. The van der Waals surface area contributed by atoms with Gasteiger partial charge in [-0.25, -0.2) is 4.39 Å². The van der Waals surface area contributed by atoms with Crippen LogP contribution in [0.4, 0.5) is 10.1 Å². The molecule has 5 rings (SSSR count). The molecule has 31 heavy (non-hydrogen) atoms. The van der Waals surface area contributed by atoms with Crippen molar-refractivity contribution in [1.82, 2.24) is 15.5 Å². The van der Waals surface area contributed by atoms with Gasteiger partial charge in [0.05, 0.1) is 22.2 Å². The van der Waals surface area contributed by atoms with Gasteiger partial charge < -0.3 is 9.84 Å². The Labute approximate surface area is 187 Å². The summed E-state index contributed by atoms with van der Waals surface area (Å²) >= 11 is 7.22. The molecule has 0 amide bonds. The second kappa shape index (κ2) is 8.05. The summed E-state index contributed by atoms with van der Waals surface area (Å²) in [5, 5.41) is 9.99. The third kappa shape index (κ3) is 3.64. The van der Waals surface area contributed by atoms with Gasteiger partial charge in [0.2, 0.25) is 5.82 Å². The molecule has 4 aromatic rings. The lowest BCUT2D eigenvalue weighted by atomic mass is 9.94. The minimum atomic E-state index is -0.336. The summed E-state index contributed by atoms with van der Waals surface area (Å²) in [6, 6.07) is 19.9. The van der Waals surface area contributed by atoms with Gasteiger partial charge >= 0.3 is 0 Å². The lowest BCUT2D eigenvalue weighted by molar-refractivity contribution is 0.404. The highest BCUT2D eigenvalue weighted by Gasteiger charge is 2.34. The van der Waals surface area contributed by atoms with E-state index in [9.17, 15) is 4.39 Å². The van der Waals surface area contributed by atoms with E-state index in [1.54, 1.807) is 22.3 Å². The highest BCUT2D eigenvalue weighted by atomic mass is 32.1. The van der Waals surface area contributed by atoms with Crippen molar-refractivity contribution in [2.75, 3.05) is 4.90 Å². The van der Waals surface area contributed by atoms with E-state index in [0.717, 1.165) is 21.7 Å². The summed E-state index contributed by atoms with van der Waals surface area (Å²) in [4.78, 5) is 7.38. The Balaban J connectivity index is 1.67. The molecule has 0 aliphatic carbocycles. The van der Waals surface area contributed by atoms with Crippen LogP contribution >= 0.6 is 23.6 Å². The lowest BCUT2D eigenvalue weighted by Gasteiger charge is -2.37. The molecule has 154 valence electrons. The lowest BCUT2D eigenvalue weighted by Crippen LogP contribution is -2.46. The van der Waals surface area contributed by atoms with Gasteiger partial charge in [-0.1, -0.05) is 47.6 Å². The Bertz CT molecular complexity index is 1270. The van der Waals surface area contributed by atoms with Gasteiger partial charge in [-0.15, -0.1) is 11.3 Å². The number of hydrogen-bond acceptors (Lipinski definition) is 5. The predicted octanol–water partition coefficient (Wildman–Crippen LogP) is 5.80. The van der Waals surface area contributed by atoms with Crippen molar-refractivity contribution in [3.63, 3.8) is 0 Å². The van der Waals surface area contributed by atoms with Gasteiger partial charge in [0, 0.05) is 5.70 Å². The molecule has 2 aromatic carbocycles. The molecule has 1 aliphatic heterocycles. The number of aromatic nitrogens is 2. The third-order valence-corrected chi connectivity index (χ3v) is 6.25. The molecule has 8 heteroatoms. The number of thiocarbonyl (C=S) groups is 1. The number of thiophene rings is 1. The van der Waals surface area contributed by atoms with E-state index < -0.39 is 0 Å². The number of hydrogen-bond donors (Lipinski definition) is 1. The maximum atomic E-state index is 14.0. The summed E-state index contributed by atoms with van der Waals surface area (Å²) in [6.07, 6.45) is 0. The number of anilines is 1. The largest absolute Gasteiger partial charge is 0.351 e. The molecule has 0 saturated heterocycles. The molecule has 3 heterocycles. The topological polar surface area (TPSA) is 54.2 Å². The first-order valence-electron chi connectivity index (χ1n) is 9.61. The van der Waals surface area contributed by atoms with Crippen molar-refractivity contribution in [1.29, 1.82) is 0 Å². The molecule has 1 unspecified atom stereocenters. The van der Waals surface area contributed by atoms with Crippen LogP contribution in [0.1, 0.15) is 24.4 Å². The minimum Gasteiger partial charge on any atom is -0.351 e. The fourth-order valence-electron chi connectivity index (χ4n) is 3.68. The van der Waals surface area contributed by atoms with Gasteiger partial charge in [0.1, 0.15) is 5.82 Å². The number of halogens is 1. The molecule has 1 atom stereocenters. The van der Waals surface area contributed by atoms with Crippen LogP contribution in [-0.4, -0.2) is 15.3 Å². The molecular formula is C23H17FN4OS2. The van der Waals surface area contributed by atoms with Crippen molar-refractivity contribution < 1.29 is 8.91 Å². The van der Waals surface area contributed by atoms with E-state index >= 15 is 0 Å². The van der Waals surface area contributed by atoms with E-state index in [4.69, 9.17) is 16.7 Å². The molecule has 0 fully saturated rings. The van der Waals surface area contributed by atoms with Gasteiger partial charge in [-0.2, -0.15) is 4.98 Å². The molecular weight excluding hydrogens is 431 g/mol. The third-order valence-electron chi connectivity index (χ3n) is 5.08. The van der Waals surface area contributed by atoms with Gasteiger partial charge in [0.15, 0.2) is 5.11 Å². The monoisotopic (exact) mass is 448 g/mol. The van der Waals surface area contributed by atoms with E-state index in [2.05, 4.69) is 15.5 Å². The van der Waals surface area contributed by atoms with E-state index in [0.29, 0.717) is 22.5 Å². The second-order valence-corrected chi connectivity index (χ2v) is 8.34. The number of allylic oxidation sites excluding steroid dienone is 1. The zero-order valence-electron chi connectivity index (χ0n) is 16.4. The maximum Gasteiger partial charge on any atom is 0.258 e. The van der Waals surface area contributed by atoms with Gasteiger partial charge in [-0.3, -0.25) is 4.90 Å². The Morgan fingerprint density at radius 2 is 1.94 bits per heavy atom. The molecule has 1 N–H and O–H groups in total. The molecule has 0 saturated carbocycles. The maximum absolute atomic E-state index is 14.0. The SMILES string of the molecule is CC1=C(c2nc(-c3cccs3)no2)C(c2ccccc2)NC(=S)N1c1cccc(F)c1. The fraction of sp³-hybridized carbons (Fsp3) is 0.0870. The van der Waals surface area contributed by atoms with Gasteiger partial charge in [0.25, 0.3) is 5.89 Å². The predicted molar refractivity (Wildman–Crippen MR) is 124 cm³/mol. The fourth-order valence-corrected chi connectivity index (χ4v) is 4.69. The van der Waals surface area contributed by atoms with E-state index in [1.165, 1.54) is 12.1 Å². The first-order valence-corrected chi connectivity index (χ1v) is 10.9. The summed E-state index contributed by atoms with van der Waals surface area (Å²) in [6.45, 7) is 1.93. The number of nitrogens with one attached hydrogen (secondary N) is 1. The average Bonchev–Trinajstić information content (AvgIpc) is 3.46. The highest BCUT2D eigenvalue weighted by molar-refractivity contribution is 7.80. The van der Waals surface area contributed by atoms with Gasteiger partial charge in [-0.05, 0) is 54.4 Å². The van der Waals surface area contributed by atoms with E-state index in [1.807, 2.05) is 60.8 Å². The van der Waals surface area contributed by atoms with Crippen molar-refractivity contribution in [2.24, 2.45) is 0 Å². The van der Waals surface area contributed by atoms with Crippen LogP contribution in [0, 0.1) is 5.82 Å². The summed E-state index contributed by atoms with van der Waals surface area (Å²) < 4.78 is 19.6. The first kappa shape index (κ1) is 19.6. The van der Waals surface area contributed by atoms with Crippen LogP contribution in [-0.2, 0) is 0 Å². The van der Waals surface area contributed by atoms with Crippen LogP contribution in [0.15, 0.2) is 82.3 Å². The number of rotatable bonds is 4. The molecule has 5 nitrogen and oxygen atoms in total. The Morgan fingerprint density at radius 3 is 2.68 bits per heavy atom. The molecule has 2 aromatic heterocycles. The van der Waals surface area contributed by atoms with Crippen molar-refractivity contribution in [3.8, 4) is 10.7 Å². The molecule has 0 spiro atoms. The van der Waals surface area contributed by atoms with Crippen LogP contribution in [0.3, 0.4) is 0 Å². The molecule has 0 bridgehead atoms. The Morgan fingerprint density at radius 1 is 1.10 bits per heavy atom. The van der Waals surface area contributed by atoms with E-state index in [-0.39, 0.29) is 11.9 Å². The number of benzene rings is 2. The summed E-state index contributed by atoms with van der Waals surface area (Å²) in [7, 11) is 0. The molecule has 1 aliphatic rings. The zero-order chi connectivity index (χ0) is 21.4. The van der Waals surface area contributed by atoms with Crippen LogP contribution < -0.4 is 10.2 Å². The summed E-state index contributed by atoms with van der Waals surface area (Å²) in [5.74, 6) is 0.589. The van der Waals surface area contributed by atoms with Crippen molar-refractivity contribution in [3.05, 3.63) is 95.1 Å². The molecule has 0 radical (unpaired) electrons. The second-order valence-electron chi connectivity index (χ2n) is 7.01. The standard InChI is InChI=1S/C23H17FN4OS2/c1-14-19(22-26-21(27-29-22)18-11-6-12-31-18)20(15-7-3-2-4-8-15)25-23(30)28(14)17-10-5-9-16(24)13-17/h2-13,20H,1H3,(H,25,30). The first-order chi connectivity index (χ1) is 15.1. The normalized spacial score (nSPS) is 16.5. The summed E-state index contributed by atoms with van der Waals surface area (Å²) in [5.41, 5.74) is 3.22. The highest BCUT2D eigenvalue weighted by Crippen LogP contribution is 2.39.